The zero-order valence-corrected chi connectivity index (χ0v) is 11.2. The molecule has 2 nitrogen and oxygen atoms in total. The largest absolute Gasteiger partial charge is 0.316 e. The summed E-state index contributed by atoms with van der Waals surface area (Å²) in [6.45, 7) is 6.70. The number of hydrogen-bond donors (Lipinski definition) is 1. The predicted octanol–water partition coefficient (Wildman–Crippen LogP) is 3.50. The van der Waals surface area contributed by atoms with Crippen LogP contribution in [0.4, 0.5) is 0 Å². The van der Waals surface area contributed by atoms with E-state index in [1.54, 1.807) is 0 Å². The standard InChI is InChI=1S/C14H18N2S/c1-9(2)14-16-12-4-3-10(7-13(12)17-14)11-5-6-15-8-11/h3-4,7,9,11,15H,5-6,8H2,1-2H3. The van der Waals surface area contributed by atoms with Crippen molar-refractivity contribution in [2.75, 3.05) is 13.1 Å². The molecule has 0 spiro atoms. The Kier molecular flexibility index (Phi) is 2.89. The van der Waals surface area contributed by atoms with E-state index in [1.165, 1.54) is 21.7 Å². The Morgan fingerprint density at radius 2 is 2.29 bits per heavy atom. The molecule has 3 rings (SSSR count). The van der Waals surface area contributed by atoms with Crippen LogP contribution in [0.15, 0.2) is 18.2 Å². The number of fused-ring (bicyclic) bond motifs is 1. The molecule has 2 aromatic rings. The van der Waals surface area contributed by atoms with Crippen molar-refractivity contribution in [3.63, 3.8) is 0 Å². The van der Waals surface area contributed by atoms with E-state index < -0.39 is 0 Å². The first kappa shape index (κ1) is 11.2. The van der Waals surface area contributed by atoms with Gasteiger partial charge in [0.1, 0.15) is 0 Å². The van der Waals surface area contributed by atoms with E-state index in [2.05, 4.69) is 42.3 Å². The number of aromatic nitrogens is 1. The van der Waals surface area contributed by atoms with Gasteiger partial charge in [0.2, 0.25) is 0 Å². The Labute approximate surface area is 106 Å². The molecule has 2 heterocycles. The Balaban J connectivity index is 2.00. The summed E-state index contributed by atoms with van der Waals surface area (Å²) in [7, 11) is 0. The minimum atomic E-state index is 0.531. The summed E-state index contributed by atoms with van der Waals surface area (Å²) < 4.78 is 1.35. The zero-order valence-electron chi connectivity index (χ0n) is 10.4. The van der Waals surface area contributed by atoms with Crippen LogP contribution in [0.1, 0.15) is 42.7 Å². The molecule has 1 saturated heterocycles. The molecule has 0 bridgehead atoms. The van der Waals surface area contributed by atoms with Crippen LogP contribution in [0.25, 0.3) is 10.2 Å². The molecular weight excluding hydrogens is 228 g/mol. The van der Waals surface area contributed by atoms with E-state index in [-0.39, 0.29) is 0 Å². The lowest BCUT2D eigenvalue weighted by Crippen LogP contribution is -2.07. The summed E-state index contributed by atoms with van der Waals surface area (Å²) in [6, 6.07) is 6.78. The van der Waals surface area contributed by atoms with Crippen LogP contribution in [0.5, 0.6) is 0 Å². The lowest BCUT2D eigenvalue weighted by molar-refractivity contribution is 0.765. The molecule has 1 aliphatic heterocycles. The van der Waals surface area contributed by atoms with Crippen LogP contribution in [0.3, 0.4) is 0 Å². The molecule has 3 heteroatoms. The topological polar surface area (TPSA) is 24.9 Å². The fourth-order valence-corrected chi connectivity index (χ4v) is 3.42. The highest BCUT2D eigenvalue weighted by Gasteiger charge is 2.17. The predicted molar refractivity (Wildman–Crippen MR) is 73.9 cm³/mol. The van der Waals surface area contributed by atoms with Gasteiger partial charge in [-0.05, 0) is 36.6 Å². The van der Waals surface area contributed by atoms with Gasteiger partial charge in [0.05, 0.1) is 15.2 Å². The first-order chi connectivity index (χ1) is 8.24. The average Bonchev–Trinajstić information content (AvgIpc) is 2.97. The normalized spacial score (nSPS) is 20.5. The molecule has 0 aliphatic carbocycles. The van der Waals surface area contributed by atoms with Crippen LogP contribution in [-0.2, 0) is 0 Å². The minimum absolute atomic E-state index is 0.531. The number of nitrogens with one attached hydrogen (secondary N) is 1. The van der Waals surface area contributed by atoms with Crippen molar-refractivity contribution in [3.8, 4) is 0 Å². The lowest BCUT2D eigenvalue weighted by atomic mass is 9.98. The second kappa shape index (κ2) is 4.39. The van der Waals surface area contributed by atoms with Crippen LogP contribution >= 0.6 is 11.3 Å². The maximum Gasteiger partial charge on any atom is 0.0963 e. The van der Waals surface area contributed by atoms with E-state index in [1.807, 2.05) is 11.3 Å². The quantitative estimate of drug-likeness (QED) is 0.877. The smallest absolute Gasteiger partial charge is 0.0963 e. The minimum Gasteiger partial charge on any atom is -0.316 e. The zero-order chi connectivity index (χ0) is 11.8. The number of thiazole rings is 1. The first-order valence-corrected chi connectivity index (χ1v) is 7.17. The molecule has 0 radical (unpaired) electrons. The number of nitrogens with zero attached hydrogens (tertiary/aromatic N) is 1. The number of hydrogen-bond acceptors (Lipinski definition) is 3. The van der Waals surface area contributed by atoms with Gasteiger partial charge in [0, 0.05) is 12.5 Å². The van der Waals surface area contributed by atoms with Gasteiger partial charge in [-0.3, -0.25) is 0 Å². The van der Waals surface area contributed by atoms with Crippen molar-refractivity contribution in [3.05, 3.63) is 28.8 Å². The molecule has 0 saturated carbocycles. The fourth-order valence-electron chi connectivity index (χ4n) is 2.40. The Hall–Kier alpha value is -0.930. The second-order valence-corrected chi connectivity index (χ2v) is 6.19. The Morgan fingerprint density at radius 3 is 3.00 bits per heavy atom. The molecule has 1 aliphatic rings. The molecule has 17 heavy (non-hydrogen) atoms. The summed E-state index contributed by atoms with van der Waals surface area (Å²) in [5.74, 6) is 1.23. The van der Waals surface area contributed by atoms with Gasteiger partial charge >= 0.3 is 0 Å². The summed E-state index contributed by atoms with van der Waals surface area (Å²) in [6.07, 6.45) is 1.27. The highest BCUT2D eigenvalue weighted by atomic mass is 32.1. The van der Waals surface area contributed by atoms with Crippen LogP contribution in [0.2, 0.25) is 0 Å². The van der Waals surface area contributed by atoms with Crippen molar-refractivity contribution in [1.82, 2.24) is 10.3 Å². The van der Waals surface area contributed by atoms with Crippen LogP contribution in [-0.4, -0.2) is 18.1 Å². The fraction of sp³-hybridized carbons (Fsp3) is 0.500. The maximum atomic E-state index is 4.68. The second-order valence-electron chi connectivity index (χ2n) is 5.12. The molecule has 1 aromatic carbocycles. The van der Waals surface area contributed by atoms with E-state index >= 15 is 0 Å². The first-order valence-electron chi connectivity index (χ1n) is 6.35. The molecule has 90 valence electrons. The van der Waals surface area contributed by atoms with Crippen LogP contribution < -0.4 is 5.32 Å². The van der Waals surface area contributed by atoms with Gasteiger partial charge in [-0.1, -0.05) is 19.9 Å². The van der Waals surface area contributed by atoms with Crippen molar-refractivity contribution < 1.29 is 0 Å². The van der Waals surface area contributed by atoms with Gasteiger partial charge in [-0.2, -0.15) is 0 Å². The van der Waals surface area contributed by atoms with Crippen LogP contribution in [0, 0.1) is 0 Å². The van der Waals surface area contributed by atoms with Crippen molar-refractivity contribution in [2.45, 2.75) is 32.1 Å². The maximum absolute atomic E-state index is 4.68. The monoisotopic (exact) mass is 246 g/mol. The summed E-state index contributed by atoms with van der Waals surface area (Å²) >= 11 is 1.85. The van der Waals surface area contributed by atoms with Gasteiger partial charge in [0.15, 0.2) is 0 Å². The molecule has 1 aromatic heterocycles. The van der Waals surface area contributed by atoms with Crippen molar-refractivity contribution >= 4 is 21.6 Å². The van der Waals surface area contributed by atoms with E-state index in [4.69, 9.17) is 0 Å². The highest BCUT2D eigenvalue weighted by molar-refractivity contribution is 7.18. The lowest BCUT2D eigenvalue weighted by Gasteiger charge is -2.07. The summed E-state index contributed by atoms with van der Waals surface area (Å²) in [5.41, 5.74) is 2.63. The molecule has 1 atom stereocenters. The average molecular weight is 246 g/mol. The van der Waals surface area contributed by atoms with Gasteiger partial charge in [0.25, 0.3) is 0 Å². The third-order valence-corrected chi connectivity index (χ3v) is 4.77. The van der Waals surface area contributed by atoms with Gasteiger partial charge in [-0.15, -0.1) is 11.3 Å². The molecule has 1 N–H and O–H groups in total. The number of rotatable bonds is 2. The Bertz CT molecular complexity index is 524. The van der Waals surface area contributed by atoms with E-state index in [0.29, 0.717) is 11.8 Å². The molecule has 1 fully saturated rings. The third-order valence-electron chi connectivity index (χ3n) is 3.45. The number of benzene rings is 1. The molecule has 1 unspecified atom stereocenters. The SMILES string of the molecule is CC(C)c1nc2ccc(C3CCNC3)cc2s1. The summed E-state index contributed by atoms with van der Waals surface area (Å²) in [5, 5.41) is 4.68. The van der Waals surface area contributed by atoms with Crippen molar-refractivity contribution in [1.29, 1.82) is 0 Å². The van der Waals surface area contributed by atoms with E-state index in [0.717, 1.165) is 18.6 Å². The van der Waals surface area contributed by atoms with E-state index in [9.17, 15) is 0 Å². The van der Waals surface area contributed by atoms with Gasteiger partial charge < -0.3 is 5.32 Å². The summed E-state index contributed by atoms with van der Waals surface area (Å²) in [4.78, 5) is 4.68. The molecule has 0 amide bonds. The highest BCUT2D eigenvalue weighted by Crippen LogP contribution is 2.31. The third kappa shape index (κ3) is 2.09. The van der Waals surface area contributed by atoms with Crippen molar-refractivity contribution in [2.24, 2.45) is 0 Å². The van der Waals surface area contributed by atoms with Gasteiger partial charge in [-0.25, -0.2) is 4.98 Å². The Morgan fingerprint density at radius 1 is 1.41 bits per heavy atom. The molecular formula is C14H18N2S.